The predicted molar refractivity (Wildman–Crippen MR) is 126 cm³/mol. The second-order valence-corrected chi connectivity index (χ2v) is 8.84. The number of ether oxygens (including phenoxy) is 1. The molecule has 0 saturated heterocycles. The van der Waals surface area contributed by atoms with Gasteiger partial charge < -0.3 is 19.9 Å². The number of rotatable bonds is 5. The van der Waals surface area contributed by atoms with Crippen molar-refractivity contribution in [1.29, 1.82) is 0 Å². The quantitative estimate of drug-likeness (QED) is 0.560. The third-order valence-corrected chi connectivity index (χ3v) is 6.32. The van der Waals surface area contributed by atoms with Crippen molar-refractivity contribution in [2.75, 3.05) is 28.7 Å². The molecule has 2 aliphatic heterocycles. The number of nitrogens with zero attached hydrogens (tertiary/aromatic N) is 6. The maximum Gasteiger partial charge on any atom is 0.433 e. The summed E-state index contributed by atoms with van der Waals surface area (Å²) in [5.41, 5.74) is 2.22. The van der Waals surface area contributed by atoms with Crippen LogP contribution in [0.1, 0.15) is 35.9 Å². The van der Waals surface area contributed by atoms with Crippen LogP contribution < -0.4 is 19.9 Å². The summed E-state index contributed by atoms with van der Waals surface area (Å²) in [5, 5.41) is 3.24. The molecule has 0 aromatic carbocycles. The van der Waals surface area contributed by atoms with Crippen molar-refractivity contribution in [2.24, 2.45) is 0 Å². The van der Waals surface area contributed by atoms with Gasteiger partial charge in [0.25, 0.3) is 0 Å². The Labute approximate surface area is 205 Å². The Morgan fingerprint density at radius 2 is 2.00 bits per heavy atom. The van der Waals surface area contributed by atoms with Gasteiger partial charge in [-0.05, 0) is 50.5 Å². The van der Waals surface area contributed by atoms with Crippen molar-refractivity contribution in [3.05, 3.63) is 53.1 Å². The molecule has 0 bridgehead atoms. The van der Waals surface area contributed by atoms with E-state index in [0.29, 0.717) is 24.6 Å². The molecule has 188 valence electrons. The minimum atomic E-state index is -4.51. The molecule has 9 nitrogen and oxygen atoms in total. The van der Waals surface area contributed by atoms with Crippen molar-refractivity contribution in [3.8, 4) is 11.6 Å². The SMILES string of the molecule is Cc1cc(CNc2nc3c4c(n2)N(C)C(C)C(=O)N4CCC3)cnc1Oc1ccc(C(F)(F)F)nc1. The summed E-state index contributed by atoms with van der Waals surface area (Å²) in [6, 6.07) is 3.63. The number of amides is 1. The number of anilines is 3. The normalized spacial score (nSPS) is 17.2. The molecule has 3 aromatic rings. The lowest BCUT2D eigenvalue weighted by Gasteiger charge is -2.41. The molecule has 36 heavy (non-hydrogen) atoms. The fraction of sp³-hybridized carbons (Fsp3) is 0.375. The third-order valence-electron chi connectivity index (χ3n) is 6.32. The Morgan fingerprint density at radius 3 is 2.69 bits per heavy atom. The number of carbonyl (C=O) groups excluding carboxylic acids is 1. The maximum absolute atomic E-state index is 12.7. The average molecular weight is 499 g/mol. The number of aromatic nitrogens is 4. The zero-order valence-corrected chi connectivity index (χ0v) is 19.9. The van der Waals surface area contributed by atoms with Gasteiger partial charge in [0.2, 0.25) is 17.7 Å². The molecule has 12 heteroatoms. The van der Waals surface area contributed by atoms with Crippen molar-refractivity contribution in [1.82, 2.24) is 19.9 Å². The van der Waals surface area contributed by atoms with Crippen LogP contribution >= 0.6 is 0 Å². The van der Waals surface area contributed by atoms with Gasteiger partial charge in [-0.15, -0.1) is 0 Å². The summed E-state index contributed by atoms with van der Waals surface area (Å²) in [5.74, 6) is 1.69. The first-order chi connectivity index (χ1) is 17.1. The highest BCUT2D eigenvalue weighted by Crippen LogP contribution is 2.39. The van der Waals surface area contributed by atoms with E-state index in [2.05, 4.69) is 25.3 Å². The smallest absolute Gasteiger partial charge is 0.433 e. The highest BCUT2D eigenvalue weighted by molar-refractivity contribution is 6.05. The van der Waals surface area contributed by atoms with Gasteiger partial charge in [0.15, 0.2) is 5.82 Å². The molecule has 0 fully saturated rings. The number of pyridine rings is 2. The van der Waals surface area contributed by atoms with Crippen LogP contribution in [0.3, 0.4) is 0 Å². The van der Waals surface area contributed by atoms with E-state index < -0.39 is 11.9 Å². The Balaban J connectivity index is 1.30. The second-order valence-electron chi connectivity index (χ2n) is 8.84. The van der Waals surface area contributed by atoms with E-state index in [1.54, 1.807) is 18.0 Å². The van der Waals surface area contributed by atoms with Crippen LogP contribution in [0.2, 0.25) is 0 Å². The minimum absolute atomic E-state index is 0.0613. The lowest BCUT2D eigenvalue weighted by molar-refractivity contribution is -0.141. The van der Waals surface area contributed by atoms with Gasteiger partial charge in [0.05, 0.1) is 11.9 Å². The van der Waals surface area contributed by atoms with Crippen LogP contribution in [0.15, 0.2) is 30.6 Å². The van der Waals surface area contributed by atoms with Crippen molar-refractivity contribution in [3.63, 3.8) is 0 Å². The van der Waals surface area contributed by atoms with Gasteiger partial charge in [0, 0.05) is 31.9 Å². The summed E-state index contributed by atoms with van der Waals surface area (Å²) in [6.45, 7) is 4.74. The number of aryl methyl sites for hydroxylation is 2. The third kappa shape index (κ3) is 4.38. The molecule has 5 heterocycles. The van der Waals surface area contributed by atoms with Gasteiger partial charge in [0.1, 0.15) is 23.2 Å². The first-order valence-corrected chi connectivity index (χ1v) is 11.5. The van der Waals surface area contributed by atoms with Crippen molar-refractivity contribution >= 4 is 23.4 Å². The Hall–Kier alpha value is -3.96. The number of halogens is 3. The fourth-order valence-electron chi connectivity index (χ4n) is 4.30. The fourth-order valence-corrected chi connectivity index (χ4v) is 4.30. The summed E-state index contributed by atoms with van der Waals surface area (Å²) in [4.78, 5) is 33.4. The van der Waals surface area contributed by atoms with E-state index in [1.807, 2.05) is 24.9 Å². The lowest BCUT2D eigenvalue weighted by Crippen LogP contribution is -2.53. The molecule has 1 amide bonds. The van der Waals surface area contributed by atoms with Crippen LogP contribution in [0, 0.1) is 6.92 Å². The topological polar surface area (TPSA) is 96.4 Å². The van der Waals surface area contributed by atoms with Gasteiger partial charge in [-0.25, -0.2) is 15.0 Å². The predicted octanol–water partition coefficient (Wildman–Crippen LogP) is 4.12. The molecule has 5 rings (SSSR count). The Morgan fingerprint density at radius 1 is 1.19 bits per heavy atom. The van der Waals surface area contributed by atoms with Gasteiger partial charge in [-0.2, -0.15) is 18.2 Å². The largest absolute Gasteiger partial charge is 0.437 e. The standard InChI is InChI=1S/C24H24F3N7O2/c1-13-9-15(10-29-21(13)36-16-6-7-18(28-12-16)24(25,26)27)11-30-23-31-17-5-4-8-34-19(17)20(32-23)33(3)14(2)22(34)35/h6-7,9-10,12,14H,4-5,8,11H2,1-3H3,(H,30,31,32). The number of hydrogen-bond acceptors (Lipinski definition) is 8. The van der Waals surface area contributed by atoms with E-state index in [9.17, 15) is 18.0 Å². The van der Waals surface area contributed by atoms with Crippen molar-refractivity contribution < 1.29 is 22.7 Å². The minimum Gasteiger partial charge on any atom is -0.437 e. The summed E-state index contributed by atoms with van der Waals surface area (Å²) < 4.78 is 43.7. The van der Waals surface area contributed by atoms with Gasteiger partial charge in [-0.3, -0.25) is 4.79 Å². The van der Waals surface area contributed by atoms with Crippen LogP contribution in [-0.2, 0) is 23.9 Å². The molecular weight excluding hydrogens is 475 g/mol. The lowest BCUT2D eigenvalue weighted by atomic mass is 10.0. The van der Waals surface area contributed by atoms with E-state index in [1.165, 1.54) is 6.07 Å². The van der Waals surface area contributed by atoms with Gasteiger partial charge in [-0.1, -0.05) is 0 Å². The number of alkyl halides is 3. The first kappa shape index (κ1) is 23.8. The highest BCUT2D eigenvalue weighted by atomic mass is 19.4. The van der Waals surface area contributed by atoms with E-state index in [-0.39, 0.29) is 23.6 Å². The van der Waals surface area contributed by atoms with Gasteiger partial charge >= 0.3 is 6.18 Å². The maximum atomic E-state index is 12.7. The van der Waals surface area contributed by atoms with E-state index in [4.69, 9.17) is 4.74 Å². The molecule has 0 spiro atoms. The molecule has 1 N–H and O–H groups in total. The van der Waals surface area contributed by atoms with Crippen LogP contribution in [0.25, 0.3) is 0 Å². The summed E-state index contributed by atoms with van der Waals surface area (Å²) in [6.07, 6.45) is -0.248. The molecule has 1 atom stereocenters. The molecule has 0 saturated carbocycles. The van der Waals surface area contributed by atoms with Crippen LogP contribution in [0.4, 0.5) is 30.6 Å². The Bertz CT molecular complexity index is 1310. The Kier molecular flexibility index (Phi) is 5.89. The molecule has 1 unspecified atom stereocenters. The molecule has 0 radical (unpaired) electrons. The first-order valence-electron chi connectivity index (χ1n) is 11.5. The monoisotopic (exact) mass is 499 g/mol. The number of hydrogen-bond donors (Lipinski definition) is 1. The molecule has 2 aliphatic rings. The highest BCUT2D eigenvalue weighted by Gasteiger charge is 2.38. The molecule has 0 aliphatic carbocycles. The average Bonchev–Trinajstić information content (AvgIpc) is 2.85. The van der Waals surface area contributed by atoms with E-state index in [0.717, 1.165) is 47.9 Å². The number of likely N-dealkylation sites (N-methyl/N-ethyl adjacent to an activating group) is 1. The molecular formula is C24H24F3N7O2. The number of nitrogens with one attached hydrogen (secondary N) is 1. The second kappa shape index (κ2) is 8.92. The number of carbonyl (C=O) groups is 1. The summed E-state index contributed by atoms with van der Waals surface area (Å²) >= 11 is 0. The zero-order chi connectivity index (χ0) is 25.6. The van der Waals surface area contributed by atoms with Crippen molar-refractivity contribution in [2.45, 2.75) is 45.5 Å². The molecule has 3 aromatic heterocycles. The zero-order valence-electron chi connectivity index (χ0n) is 19.9. The van der Waals surface area contributed by atoms with E-state index >= 15 is 0 Å². The van der Waals surface area contributed by atoms with Crippen LogP contribution in [-0.4, -0.2) is 45.5 Å². The van der Waals surface area contributed by atoms with Crippen LogP contribution in [0.5, 0.6) is 11.6 Å². The summed E-state index contributed by atoms with van der Waals surface area (Å²) in [7, 11) is 1.86.